The summed E-state index contributed by atoms with van der Waals surface area (Å²) in [6, 6.07) is 8.11. The molecule has 108 valence electrons. The van der Waals surface area contributed by atoms with Crippen LogP contribution in [0, 0.1) is 6.92 Å². The van der Waals surface area contributed by atoms with Gasteiger partial charge in [-0.2, -0.15) is 0 Å². The lowest BCUT2D eigenvalue weighted by atomic mass is 10.1. The van der Waals surface area contributed by atoms with E-state index in [-0.39, 0.29) is 18.1 Å². The second-order valence-corrected chi connectivity index (χ2v) is 4.99. The number of halogens is 1. The number of nitrogens with zero attached hydrogens (tertiary/aromatic N) is 1. The van der Waals surface area contributed by atoms with Gasteiger partial charge in [0.2, 0.25) is 0 Å². The summed E-state index contributed by atoms with van der Waals surface area (Å²) < 4.78 is 0. The fourth-order valence-corrected chi connectivity index (χ4v) is 2.10. The maximum Gasteiger partial charge on any atom is 0.354 e. The van der Waals surface area contributed by atoms with Gasteiger partial charge in [-0.1, -0.05) is 17.7 Å². The smallest absolute Gasteiger partial charge is 0.354 e. The van der Waals surface area contributed by atoms with E-state index in [1.807, 2.05) is 6.92 Å². The van der Waals surface area contributed by atoms with Gasteiger partial charge in [-0.25, -0.2) is 9.78 Å². The first-order chi connectivity index (χ1) is 9.95. The van der Waals surface area contributed by atoms with E-state index < -0.39 is 5.97 Å². The number of nitrogens with one attached hydrogen (secondary N) is 1. The summed E-state index contributed by atoms with van der Waals surface area (Å²) in [5.41, 5.74) is 2.07. The summed E-state index contributed by atoms with van der Waals surface area (Å²) in [6.45, 7) is 2.12. The molecule has 0 saturated heterocycles. The summed E-state index contributed by atoms with van der Waals surface area (Å²) in [4.78, 5) is 26.5. The van der Waals surface area contributed by atoms with Crippen molar-refractivity contribution < 1.29 is 14.7 Å². The van der Waals surface area contributed by atoms with Crippen LogP contribution in [0.4, 0.5) is 0 Å². The molecule has 0 aliphatic carbocycles. The van der Waals surface area contributed by atoms with E-state index in [9.17, 15) is 9.59 Å². The van der Waals surface area contributed by atoms with Crippen molar-refractivity contribution in [3.05, 3.63) is 63.9 Å². The van der Waals surface area contributed by atoms with Gasteiger partial charge in [0.05, 0.1) is 0 Å². The monoisotopic (exact) mass is 304 g/mol. The number of rotatable bonds is 4. The van der Waals surface area contributed by atoms with Crippen molar-refractivity contribution in [2.24, 2.45) is 0 Å². The molecule has 0 spiro atoms. The molecular weight excluding hydrogens is 292 g/mol. The fraction of sp³-hybridized carbons (Fsp3) is 0.133. The number of carbonyl (C=O) groups is 2. The minimum Gasteiger partial charge on any atom is -0.477 e. The zero-order valence-corrected chi connectivity index (χ0v) is 12.0. The van der Waals surface area contributed by atoms with Crippen molar-refractivity contribution in [3.63, 3.8) is 0 Å². The molecule has 0 atom stereocenters. The molecule has 0 saturated carbocycles. The second-order valence-electron chi connectivity index (χ2n) is 4.56. The number of aromatic nitrogens is 1. The zero-order valence-electron chi connectivity index (χ0n) is 11.3. The Balaban J connectivity index is 2.02. The van der Waals surface area contributed by atoms with Crippen LogP contribution in [0.25, 0.3) is 0 Å². The van der Waals surface area contributed by atoms with Crippen LogP contribution in [0.15, 0.2) is 36.5 Å². The zero-order chi connectivity index (χ0) is 15.4. The Labute approximate surface area is 126 Å². The maximum absolute atomic E-state index is 12.0. The Morgan fingerprint density at radius 1 is 1.29 bits per heavy atom. The number of hydrogen-bond donors (Lipinski definition) is 2. The third kappa shape index (κ3) is 4.03. The average Bonchev–Trinajstić information content (AvgIpc) is 2.44. The lowest BCUT2D eigenvalue weighted by Crippen LogP contribution is -2.23. The molecule has 1 aromatic heterocycles. The summed E-state index contributed by atoms with van der Waals surface area (Å²) in [5, 5.41) is 12.0. The maximum atomic E-state index is 12.0. The van der Waals surface area contributed by atoms with Crippen molar-refractivity contribution in [2.45, 2.75) is 13.5 Å². The average molecular weight is 305 g/mol. The lowest BCUT2D eigenvalue weighted by Gasteiger charge is -2.07. The third-order valence-corrected chi connectivity index (χ3v) is 3.02. The molecule has 1 amide bonds. The van der Waals surface area contributed by atoms with Crippen LogP contribution in [0.5, 0.6) is 0 Å². The second kappa shape index (κ2) is 6.37. The predicted octanol–water partition coefficient (Wildman–Crippen LogP) is 2.67. The van der Waals surface area contributed by atoms with E-state index >= 15 is 0 Å². The molecule has 0 unspecified atom stereocenters. The van der Waals surface area contributed by atoms with Crippen molar-refractivity contribution in [2.75, 3.05) is 0 Å². The number of aryl methyl sites for hydroxylation is 1. The summed E-state index contributed by atoms with van der Waals surface area (Å²) in [7, 11) is 0. The number of carbonyl (C=O) groups excluding carboxylic acids is 1. The number of aromatic carboxylic acids is 1. The molecule has 0 radical (unpaired) electrons. The van der Waals surface area contributed by atoms with Crippen LogP contribution in [0.1, 0.15) is 32.0 Å². The normalized spacial score (nSPS) is 10.2. The Morgan fingerprint density at radius 2 is 2.05 bits per heavy atom. The van der Waals surface area contributed by atoms with Crippen LogP contribution in [0.2, 0.25) is 5.02 Å². The number of pyridine rings is 1. The van der Waals surface area contributed by atoms with Crippen molar-refractivity contribution in [1.29, 1.82) is 0 Å². The molecule has 1 heterocycles. The molecule has 0 fully saturated rings. The van der Waals surface area contributed by atoms with E-state index in [2.05, 4.69) is 10.3 Å². The van der Waals surface area contributed by atoms with Crippen molar-refractivity contribution in [1.82, 2.24) is 10.3 Å². The molecule has 0 aliphatic rings. The Hall–Kier alpha value is -2.40. The molecule has 2 N–H and O–H groups in total. The molecule has 1 aromatic carbocycles. The highest BCUT2D eigenvalue weighted by molar-refractivity contribution is 6.31. The van der Waals surface area contributed by atoms with Gasteiger partial charge < -0.3 is 10.4 Å². The Kier molecular flexibility index (Phi) is 4.55. The van der Waals surface area contributed by atoms with Gasteiger partial charge in [-0.05, 0) is 42.3 Å². The summed E-state index contributed by atoms with van der Waals surface area (Å²) >= 11 is 5.91. The van der Waals surface area contributed by atoms with Crippen LogP contribution in [0.3, 0.4) is 0 Å². The molecule has 2 rings (SSSR count). The number of benzene rings is 1. The summed E-state index contributed by atoms with van der Waals surface area (Å²) in [6.07, 6.45) is 1.42. The Morgan fingerprint density at radius 3 is 2.62 bits per heavy atom. The molecular formula is C15H13ClN2O3. The Bertz CT molecular complexity index is 664. The lowest BCUT2D eigenvalue weighted by molar-refractivity contribution is 0.0690. The molecule has 21 heavy (non-hydrogen) atoms. The highest BCUT2D eigenvalue weighted by Crippen LogP contribution is 2.14. The molecule has 0 bridgehead atoms. The number of carboxylic acid groups (broad SMARTS) is 1. The fourth-order valence-electron chi connectivity index (χ4n) is 1.81. The molecule has 6 heteroatoms. The first kappa shape index (κ1) is 15.0. The van der Waals surface area contributed by atoms with Crippen molar-refractivity contribution >= 4 is 23.5 Å². The van der Waals surface area contributed by atoms with E-state index in [1.165, 1.54) is 12.3 Å². The number of carboxylic acids is 1. The van der Waals surface area contributed by atoms with Gasteiger partial charge >= 0.3 is 5.97 Å². The first-order valence-electron chi connectivity index (χ1n) is 6.19. The quantitative estimate of drug-likeness (QED) is 0.910. The highest BCUT2D eigenvalue weighted by atomic mass is 35.5. The minimum absolute atomic E-state index is 0.0319. The molecule has 2 aromatic rings. The van der Waals surface area contributed by atoms with Gasteiger partial charge in [-0.15, -0.1) is 0 Å². The first-order valence-corrected chi connectivity index (χ1v) is 6.57. The van der Waals surface area contributed by atoms with E-state index in [0.717, 1.165) is 5.56 Å². The van der Waals surface area contributed by atoms with E-state index in [4.69, 9.17) is 16.7 Å². The van der Waals surface area contributed by atoms with Crippen LogP contribution < -0.4 is 5.32 Å². The van der Waals surface area contributed by atoms with Gasteiger partial charge in [0.25, 0.3) is 5.91 Å². The van der Waals surface area contributed by atoms with Crippen LogP contribution in [-0.4, -0.2) is 22.0 Å². The van der Waals surface area contributed by atoms with Gasteiger partial charge in [0.1, 0.15) is 5.69 Å². The van der Waals surface area contributed by atoms with Crippen LogP contribution >= 0.6 is 11.6 Å². The predicted molar refractivity (Wildman–Crippen MR) is 78.6 cm³/mol. The summed E-state index contributed by atoms with van der Waals surface area (Å²) in [5.74, 6) is -1.33. The molecule has 0 aliphatic heterocycles. The van der Waals surface area contributed by atoms with E-state index in [0.29, 0.717) is 16.1 Å². The topological polar surface area (TPSA) is 79.3 Å². The highest BCUT2D eigenvalue weighted by Gasteiger charge is 2.08. The molecule has 5 nitrogen and oxygen atoms in total. The largest absolute Gasteiger partial charge is 0.477 e. The van der Waals surface area contributed by atoms with E-state index in [1.54, 1.807) is 24.3 Å². The van der Waals surface area contributed by atoms with Crippen LogP contribution in [-0.2, 0) is 6.54 Å². The van der Waals surface area contributed by atoms with Gasteiger partial charge in [0.15, 0.2) is 0 Å². The SMILES string of the molecule is Cc1cc(Cl)cc(C(=O)NCc2ccc(C(=O)O)nc2)c1. The van der Waals surface area contributed by atoms with Crippen molar-refractivity contribution in [3.8, 4) is 0 Å². The minimum atomic E-state index is -1.08. The number of amides is 1. The van der Waals surface area contributed by atoms with Gasteiger partial charge in [0, 0.05) is 23.3 Å². The standard InChI is InChI=1S/C15H13ClN2O3/c1-9-4-11(6-12(16)5-9)14(19)18-8-10-2-3-13(15(20)21)17-7-10/h2-7H,8H2,1H3,(H,18,19)(H,20,21). The number of hydrogen-bond acceptors (Lipinski definition) is 3. The third-order valence-electron chi connectivity index (χ3n) is 2.80. The van der Waals surface area contributed by atoms with Gasteiger partial charge in [-0.3, -0.25) is 4.79 Å².